The Kier molecular flexibility index (Phi) is 4.24. The zero-order chi connectivity index (χ0) is 14.4. The fraction of sp³-hybridized carbons (Fsp3) is 0. The third kappa shape index (κ3) is 3.52. The molecule has 0 fully saturated rings. The van der Waals surface area contributed by atoms with Crippen LogP contribution in [0.15, 0.2) is 60.7 Å². The molecule has 1 N–H and O–H groups in total. The van der Waals surface area contributed by atoms with E-state index in [4.69, 9.17) is 0 Å². The van der Waals surface area contributed by atoms with Crippen LogP contribution in [0.2, 0.25) is 0 Å². The van der Waals surface area contributed by atoms with Crippen LogP contribution in [0.25, 0.3) is 6.08 Å². The molecule has 0 radical (unpaired) electrons. The molecular weight excluding hydrogens is 256 g/mol. The van der Waals surface area contributed by atoms with E-state index in [1.165, 1.54) is 18.2 Å². The monoisotopic (exact) mass is 268 g/mol. The van der Waals surface area contributed by atoms with E-state index >= 15 is 0 Å². The maximum Gasteiger partial charge on any atom is 0.292 e. The molecule has 0 aliphatic rings. The van der Waals surface area contributed by atoms with Crippen molar-refractivity contribution in [1.82, 2.24) is 0 Å². The van der Waals surface area contributed by atoms with Gasteiger partial charge in [0.15, 0.2) is 0 Å². The number of carbonyl (C=O) groups is 1. The number of amides is 1. The van der Waals surface area contributed by atoms with Gasteiger partial charge in [0.25, 0.3) is 5.69 Å². The van der Waals surface area contributed by atoms with Gasteiger partial charge in [-0.15, -0.1) is 0 Å². The lowest BCUT2D eigenvalue weighted by Gasteiger charge is -2.02. The van der Waals surface area contributed by atoms with Gasteiger partial charge in [-0.05, 0) is 17.7 Å². The molecule has 2 aromatic carbocycles. The summed E-state index contributed by atoms with van der Waals surface area (Å²) in [5, 5.41) is 13.3. The lowest BCUT2D eigenvalue weighted by molar-refractivity contribution is -0.383. The summed E-state index contributed by atoms with van der Waals surface area (Å²) in [5.74, 6) is -0.414. The van der Waals surface area contributed by atoms with Crippen molar-refractivity contribution in [2.75, 3.05) is 5.32 Å². The molecule has 5 nitrogen and oxygen atoms in total. The highest BCUT2D eigenvalue weighted by molar-refractivity contribution is 6.03. The second kappa shape index (κ2) is 6.29. The van der Waals surface area contributed by atoms with E-state index in [0.717, 1.165) is 5.56 Å². The Morgan fingerprint density at radius 2 is 1.70 bits per heavy atom. The predicted molar refractivity (Wildman–Crippen MR) is 77.2 cm³/mol. The second-order valence-corrected chi connectivity index (χ2v) is 4.01. The molecule has 100 valence electrons. The van der Waals surface area contributed by atoms with Gasteiger partial charge < -0.3 is 5.32 Å². The molecule has 0 saturated heterocycles. The van der Waals surface area contributed by atoms with Crippen LogP contribution < -0.4 is 5.32 Å². The van der Waals surface area contributed by atoms with Crippen LogP contribution in [0.1, 0.15) is 5.56 Å². The van der Waals surface area contributed by atoms with Crippen molar-refractivity contribution in [2.45, 2.75) is 0 Å². The Morgan fingerprint density at radius 3 is 2.40 bits per heavy atom. The van der Waals surface area contributed by atoms with Gasteiger partial charge in [0, 0.05) is 12.1 Å². The largest absolute Gasteiger partial charge is 0.317 e. The molecular formula is C15H12N2O3. The second-order valence-electron chi connectivity index (χ2n) is 4.01. The highest BCUT2D eigenvalue weighted by atomic mass is 16.6. The minimum atomic E-state index is -0.531. The van der Waals surface area contributed by atoms with E-state index in [1.807, 2.05) is 30.3 Å². The van der Waals surface area contributed by atoms with E-state index in [0.29, 0.717) is 0 Å². The first-order valence-corrected chi connectivity index (χ1v) is 5.94. The van der Waals surface area contributed by atoms with Gasteiger partial charge in [0.1, 0.15) is 5.69 Å². The van der Waals surface area contributed by atoms with Crippen LogP contribution in [0, 0.1) is 10.1 Å². The van der Waals surface area contributed by atoms with Gasteiger partial charge in [-0.1, -0.05) is 42.5 Å². The van der Waals surface area contributed by atoms with E-state index < -0.39 is 10.8 Å². The summed E-state index contributed by atoms with van der Waals surface area (Å²) in [6.45, 7) is 0. The SMILES string of the molecule is O=C(/C=C/c1ccccc1)Nc1ccccc1[N+](=O)[O-]. The van der Waals surface area contributed by atoms with E-state index in [-0.39, 0.29) is 11.4 Å². The van der Waals surface area contributed by atoms with Gasteiger partial charge in [-0.3, -0.25) is 14.9 Å². The van der Waals surface area contributed by atoms with Crippen molar-refractivity contribution in [1.29, 1.82) is 0 Å². The Labute approximate surface area is 115 Å². The molecule has 0 unspecified atom stereocenters. The lowest BCUT2D eigenvalue weighted by atomic mass is 10.2. The number of benzene rings is 2. The van der Waals surface area contributed by atoms with Gasteiger partial charge in [-0.2, -0.15) is 0 Å². The van der Waals surface area contributed by atoms with Crippen molar-refractivity contribution < 1.29 is 9.72 Å². The van der Waals surface area contributed by atoms with Crippen LogP contribution in [-0.2, 0) is 4.79 Å². The van der Waals surface area contributed by atoms with Gasteiger partial charge >= 0.3 is 0 Å². The van der Waals surface area contributed by atoms with Crippen LogP contribution in [0.4, 0.5) is 11.4 Å². The average molecular weight is 268 g/mol. The number of hydrogen-bond donors (Lipinski definition) is 1. The van der Waals surface area contributed by atoms with Gasteiger partial charge in [-0.25, -0.2) is 0 Å². The molecule has 20 heavy (non-hydrogen) atoms. The summed E-state index contributed by atoms with van der Waals surface area (Å²) in [6.07, 6.45) is 2.98. The Morgan fingerprint density at radius 1 is 1.05 bits per heavy atom. The van der Waals surface area contributed by atoms with Crippen molar-refractivity contribution in [3.8, 4) is 0 Å². The number of nitro benzene ring substituents is 1. The van der Waals surface area contributed by atoms with E-state index in [1.54, 1.807) is 18.2 Å². The predicted octanol–water partition coefficient (Wildman–Crippen LogP) is 3.25. The zero-order valence-corrected chi connectivity index (χ0v) is 10.5. The molecule has 0 aliphatic heterocycles. The highest BCUT2D eigenvalue weighted by Crippen LogP contribution is 2.23. The first kappa shape index (κ1) is 13.5. The van der Waals surface area contributed by atoms with Crippen LogP contribution in [0.5, 0.6) is 0 Å². The van der Waals surface area contributed by atoms with Gasteiger partial charge in [0.2, 0.25) is 5.91 Å². The molecule has 0 heterocycles. The maximum absolute atomic E-state index is 11.7. The highest BCUT2D eigenvalue weighted by Gasteiger charge is 2.13. The first-order valence-electron chi connectivity index (χ1n) is 5.94. The molecule has 0 aromatic heterocycles. The van der Waals surface area contributed by atoms with E-state index in [9.17, 15) is 14.9 Å². The summed E-state index contributed by atoms with van der Waals surface area (Å²) in [6, 6.07) is 15.3. The molecule has 0 bridgehead atoms. The van der Waals surface area contributed by atoms with Crippen molar-refractivity contribution in [3.63, 3.8) is 0 Å². The molecule has 2 aromatic rings. The summed E-state index contributed by atoms with van der Waals surface area (Å²) < 4.78 is 0. The van der Waals surface area contributed by atoms with Crippen LogP contribution in [-0.4, -0.2) is 10.8 Å². The molecule has 0 atom stereocenters. The summed E-state index contributed by atoms with van der Waals surface area (Å²) >= 11 is 0. The van der Waals surface area contributed by atoms with Crippen LogP contribution in [0.3, 0.4) is 0 Å². The molecule has 1 amide bonds. The quantitative estimate of drug-likeness (QED) is 0.525. The standard InChI is InChI=1S/C15H12N2O3/c18-15(11-10-12-6-2-1-3-7-12)16-13-8-4-5-9-14(13)17(19)20/h1-11H,(H,16,18)/b11-10+. The summed E-state index contributed by atoms with van der Waals surface area (Å²) in [7, 11) is 0. The number of para-hydroxylation sites is 2. The minimum absolute atomic E-state index is 0.131. The zero-order valence-electron chi connectivity index (χ0n) is 10.5. The number of nitrogens with zero attached hydrogens (tertiary/aromatic N) is 1. The smallest absolute Gasteiger partial charge is 0.292 e. The fourth-order valence-electron chi connectivity index (χ4n) is 1.65. The maximum atomic E-state index is 11.7. The summed E-state index contributed by atoms with van der Waals surface area (Å²) in [5.41, 5.74) is 0.930. The molecule has 0 saturated carbocycles. The Hall–Kier alpha value is -2.95. The average Bonchev–Trinajstić information content (AvgIpc) is 2.46. The number of nitro groups is 1. The normalized spacial score (nSPS) is 10.4. The van der Waals surface area contributed by atoms with Crippen molar-refractivity contribution in [3.05, 3.63) is 76.4 Å². The number of rotatable bonds is 4. The number of hydrogen-bond acceptors (Lipinski definition) is 3. The summed E-state index contributed by atoms with van der Waals surface area (Å²) in [4.78, 5) is 22.0. The fourth-order valence-corrected chi connectivity index (χ4v) is 1.65. The molecule has 5 heteroatoms. The van der Waals surface area contributed by atoms with Crippen molar-refractivity contribution >= 4 is 23.4 Å². The number of anilines is 1. The van der Waals surface area contributed by atoms with Crippen LogP contribution >= 0.6 is 0 Å². The third-order valence-electron chi connectivity index (χ3n) is 2.59. The topological polar surface area (TPSA) is 72.2 Å². The third-order valence-corrected chi connectivity index (χ3v) is 2.59. The van der Waals surface area contributed by atoms with Crippen molar-refractivity contribution in [2.24, 2.45) is 0 Å². The molecule has 0 spiro atoms. The number of carbonyl (C=O) groups excluding carboxylic acids is 1. The van der Waals surface area contributed by atoms with E-state index in [2.05, 4.69) is 5.32 Å². The number of nitrogens with one attached hydrogen (secondary N) is 1. The first-order chi connectivity index (χ1) is 9.66. The lowest BCUT2D eigenvalue weighted by Crippen LogP contribution is -2.09. The minimum Gasteiger partial charge on any atom is -0.317 e. The van der Waals surface area contributed by atoms with Gasteiger partial charge in [0.05, 0.1) is 4.92 Å². The molecule has 2 rings (SSSR count). The Bertz CT molecular complexity index is 651. The molecule has 0 aliphatic carbocycles. The Balaban J connectivity index is 2.09.